The highest BCUT2D eigenvalue weighted by atomic mass is 15.5. The molecule has 0 amide bonds. The average Bonchev–Trinajstić information content (AvgIpc) is 2.26. The van der Waals surface area contributed by atoms with E-state index in [0.29, 0.717) is 0 Å². The fourth-order valence-electron chi connectivity index (χ4n) is 1.66. The van der Waals surface area contributed by atoms with Gasteiger partial charge in [0.05, 0.1) is 16.9 Å². The summed E-state index contributed by atoms with van der Waals surface area (Å²) in [6, 6.07) is 0. The standard InChI is InChI=1S/C11H21N3/c1-8-9(10(2,3)4)12-13-14(8)11(5,6)7/h1-7H3. The second-order valence-corrected chi connectivity index (χ2v) is 5.86. The number of hydrogen-bond donors (Lipinski definition) is 0. The van der Waals surface area contributed by atoms with E-state index in [0.717, 1.165) is 5.69 Å². The molecular formula is C11H21N3. The normalized spacial score (nSPS) is 13.4. The monoisotopic (exact) mass is 195 g/mol. The summed E-state index contributed by atoms with van der Waals surface area (Å²) in [4.78, 5) is 0. The number of rotatable bonds is 0. The SMILES string of the molecule is Cc1c(C(C)(C)C)nnn1C(C)(C)C. The molecule has 0 saturated heterocycles. The van der Waals surface area contributed by atoms with E-state index in [-0.39, 0.29) is 11.0 Å². The summed E-state index contributed by atoms with van der Waals surface area (Å²) >= 11 is 0. The van der Waals surface area contributed by atoms with Gasteiger partial charge < -0.3 is 0 Å². The van der Waals surface area contributed by atoms with Crippen LogP contribution in [0.2, 0.25) is 0 Å². The highest BCUT2D eigenvalue weighted by Gasteiger charge is 2.25. The number of aromatic nitrogens is 3. The summed E-state index contributed by atoms with van der Waals surface area (Å²) in [5.41, 5.74) is 2.35. The highest BCUT2D eigenvalue weighted by Crippen LogP contribution is 2.25. The summed E-state index contributed by atoms with van der Waals surface area (Å²) in [6.45, 7) is 15.0. The minimum Gasteiger partial charge on any atom is -0.244 e. The van der Waals surface area contributed by atoms with Crippen LogP contribution in [0.4, 0.5) is 0 Å². The molecule has 0 bridgehead atoms. The van der Waals surface area contributed by atoms with Crippen molar-refractivity contribution in [3.8, 4) is 0 Å². The molecule has 3 nitrogen and oxygen atoms in total. The van der Waals surface area contributed by atoms with Crippen LogP contribution in [0.3, 0.4) is 0 Å². The van der Waals surface area contributed by atoms with Crippen molar-refractivity contribution in [1.29, 1.82) is 0 Å². The van der Waals surface area contributed by atoms with E-state index in [9.17, 15) is 0 Å². The first-order valence-electron chi connectivity index (χ1n) is 5.07. The van der Waals surface area contributed by atoms with Gasteiger partial charge in [0, 0.05) is 5.41 Å². The lowest BCUT2D eigenvalue weighted by atomic mass is 9.91. The molecule has 0 aromatic carbocycles. The molecule has 1 aromatic heterocycles. The molecule has 0 N–H and O–H groups in total. The number of hydrogen-bond acceptors (Lipinski definition) is 2. The third kappa shape index (κ3) is 1.97. The first-order valence-corrected chi connectivity index (χ1v) is 5.07. The zero-order chi connectivity index (χ0) is 11.1. The fourth-order valence-corrected chi connectivity index (χ4v) is 1.66. The van der Waals surface area contributed by atoms with Crippen LogP contribution in [0.1, 0.15) is 52.9 Å². The van der Waals surface area contributed by atoms with Gasteiger partial charge in [0.2, 0.25) is 0 Å². The zero-order valence-electron chi connectivity index (χ0n) is 10.3. The molecule has 0 aliphatic carbocycles. The quantitative estimate of drug-likeness (QED) is 0.637. The lowest BCUT2D eigenvalue weighted by Crippen LogP contribution is -2.25. The van der Waals surface area contributed by atoms with Crippen molar-refractivity contribution in [3.63, 3.8) is 0 Å². The third-order valence-electron chi connectivity index (χ3n) is 2.24. The Hall–Kier alpha value is -0.860. The molecule has 0 atom stereocenters. The van der Waals surface area contributed by atoms with Gasteiger partial charge in [-0.3, -0.25) is 0 Å². The van der Waals surface area contributed by atoms with Crippen molar-refractivity contribution < 1.29 is 0 Å². The average molecular weight is 195 g/mol. The van der Waals surface area contributed by atoms with Crippen LogP contribution in [0.15, 0.2) is 0 Å². The summed E-state index contributed by atoms with van der Waals surface area (Å²) in [7, 11) is 0. The predicted octanol–water partition coefficient (Wildman–Crippen LogP) is 2.64. The van der Waals surface area contributed by atoms with Crippen molar-refractivity contribution in [1.82, 2.24) is 15.0 Å². The zero-order valence-corrected chi connectivity index (χ0v) is 10.3. The molecule has 0 spiro atoms. The van der Waals surface area contributed by atoms with Gasteiger partial charge in [-0.05, 0) is 27.7 Å². The highest BCUT2D eigenvalue weighted by molar-refractivity contribution is 5.18. The smallest absolute Gasteiger partial charge is 0.0909 e. The third-order valence-corrected chi connectivity index (χ3v) is 2.24. The lowest BCUT2D eigenvalue weighted by Gasteiger charge is -2.22. The van der Waals surface area contributed by atoms with Crippen molar-refractivity contribution >= 4 is 0 Å². The number of nitrogens with zero attached hydrogens (tertiary/aromatic N) is 3. The molecule has 0 unspecified atom stereocenters. The van der Waals surface area contributed by atoms with Gasteiger partial charge >= 0.3 is 0 Å². The van der Waals surface area contributed by atoms with Gasteiger partial charge in [0.15, 0.2) is 0 Å². The largest absolute Gasteiger partial charge is 0.244 e. The van der Waals surface area contributed by atoms with Gasteiger partial charge in [-0.25, -0.2) is 4.68 Å². The maximum atomic E-state index is 4.27. The summed E-state index contributed by atoms with van der Waals surface area (Å²) in [5, 5.41) is 8.49. The summed E-state index contributed by atoms with van der Waals surface area (Å²) in [6.07, 6.45) is 0. The molecule has 0 aliphatic heterocycles. The Morgan fingerprint density at radius 2 is 1.50 bits per heavy atom. The summed E-state index contributed by atoms with van der Waals surface area (Å²) in [5.74, 6) is 0. The Morgan fingerprint density at radius 1 is 1.00 bits per heavy atom. The van der Waals surface area contributed by atoms with E-state index in [2.05, 4.69) is 58.8 Å². The van der Waals surface area contributed by atoms with Crippen LogP contribution >= 0.6 is 0 Å². The predicted molar refractivity (Wildman–Crippen MR) is 58.5 cm³/mol. The van der Waals surface area contributed by atoms with Gasteiger partial charge in [0.25, 0.3) is 0 Å². The second-order valence-electron chi connectivity index (χ2n) is 5.86. The van der Waals surface area contributed by atoms with Crippen LogP contribution in [-0.4, -0.2) is 15.0 Å². The molecule has 1 rings (SSSR count). The fraction of sp³-hybridized carbons (Fsp3) is 0.818. The molecule has 1 heterocycles. The molecule has 1 aromatic rings. The molecule has 80 valence electrons. The van der Waals surface area contributed by atoms with Crippen LogP contribution < -0.4 is 0 Å². The Kier molecular flexibility index (Phi) is 2.46. The first-order chi connectivity index (χ1) is 6.14. The molecule has 0 aliphatic rings. The Balaban J connectivity index is 3.23. The molecule has 0 fully saturated rings. The van der Waals surface area contributed by atoms with Crippen molar-refractivity contribution in [2.45, 2.75) is 59.4 Å². The minimum absolute atomic E-state index is 0.0145. The maximum Gasteiger partial charge on any atom is 0.0909 e. The van der Waals surface area contributed by atoms with Crippen LogP contribution in [0, 0.1) is 6.92 Å². The first kappa shape index (κ1) is 11.2. The Labute approximate surface area is 86.5 Å². The minimum atomic E-state index is 0.0145. The Bertz CT molecular complexity index is 292. The Morgan fingerprint density at radius 3 is 1.71 bits per heavy atom. The van der Waals surface area contributed by atoms with Gasteiger partial charge in [-0.15, -0.1) is 5.10 Å². The molecule has 0 saturated carbocycles. The maximum absolute atomic E-state index is 4.27. The summed E-state index contributed by atoms with van der Waals surface area (Å²) < 4.78 is 1.99. The van der Waals surface area contributed by atoms with E-state index >= 15 is 0 Å². The van der Waals surface area contributed by atoms with E-state index in [1.807, 2.05) is 4.68 Å². The van der Waals surface area contributed by atoms with Gasteiger partial charge in [0.1, 0.15) is 0 Å². The lowest BCUT2D eigenvalue weighted by molar-refractivity contribution is 0.339. The van der Waals surface area contributed by atoms with Gasteiger partial charge in [-0.2, -0.15) is 0 Å². The van der Waals surface area contributed by atoms with E-state index < -0.39 is 0 Å². The van der Waals surface area contributed by atoms with E-state index in [1.165, 1.54) is 5.69 Å². The van der Waals surface area contributed by atoms with Crippen LogP contribution in [0.25, 0.3) is 0 Å². The van der Waals surface area contributed by atoms with Crippen molar-refractivity contribution in [2.75, 3.05) is 0 Å². The van der Waals surface area contributed by atoms with E-state index in [4.69, 9.17) is 0 Å². The second kappa shape index (κ2) is 3.07. The van der Waals surface area contributed by atoms with E-state index in [1.54, 1.807) is 0 Å². The van der Waals surface area contributed by atoms with Crippen molar-refractivity contribution in [2.24, 2.45) is 0 Å². The van der Waals surface area contributed by atoms with Crippen LogP contribution in [0.5, 0.6) is 0 Å². The molecule has 3 heteroatoms. The van der Waals surface area contributed by atoms with Crippen LogP contribution in [-0.2, 0) is 11.0 Å². The van der Waals surface area contributed by atoms with Gasteiger partial charge in [-0.1, -0.05) is 26.0 Å². The van der Waals surface area contributed by atoms with Crippen molar-refractivity contribution in [3.05, 3.63) is 11.4 Å². The molecule has 14 heavy (non-hydrogen) atoms. The molecular weight excluding hydrogens is 174 g/mol. The molecule has 0 radical (unpaired) electrons. The topological polar surface area (TPSA) is 30.7 Å².